The van der Waals surface area contributed by atoms with Crippen molar-refractivity contribution in [2.45, 2.75) is 25.6 Å². The summed E-state index contributed by atoms with van der Waals surface area (Å²) in [5.41, 5.74) is 0.190. The Morgan fingerprint density at radius 3 is 3.22 bits per heavy atom. The Morgan fingerprint density at radius 1 is 1.61 bits per heavy atom. The molecule has 2 heterocycles. The Balaban J connectivity index is 1.89. The molecule has 1 fully saturated rings. The summed E-state index contributed by atoms with van der Waals surface area (Å²) in [6.45, 7) is 0.708. The number of carbonyl (C=O) groups excluding carboxylic acids is 1. The zero-order valence-corrected chi connectivity index (χ0v) is 10.1. The van der Waals surface area contributed by atoms with Crippen LogP contribution in [0.5, 0.6) is 0 Å². The minimum Gasteiger partial charge on any atom is -0.464 e. The highest BCUT2D eigenvalue weighted by atomic mass is 16.7. The van der Waals surface area contributed by atoms with Crippen molar-refractivity contribution in [1.82, 2.24) is 9.97 Å². The highest BCUT2D eigenvalue weighted by Crippen LogP contribution is 2.12. The molecule has 1 atom stereocenters. The van der Waals surface area contributed by atoms with Gasteiger partial charge in [0.2, 0.25) is 6.29 Å². The second kappa shape index (κ2) is 6.07. The van der Waals surface area contributed by atoms with Gasteiger partial charge in [0.25, 0.3) is 0 Å². The maximum Gasteiger partial charge on any atom is 0.358 e. The fraction of sp³-hybridized carbons (Fsp3) is 0.500. The number of rotatable bonds is 2. The van der Waals surface area contributed by atoms with Crippen LogP contribution in [0, 0.1) is 12.0 Å². The minimum atomic E-state index is -0.504. The molecule has 1 unspecified atom stereocenters. The second-order valence-electron chi connectivity index (χ2n) is 3.77. The molecule has 1 aromatic rings. The number of nitrogens with one attached hydrogen (secondary N) is 1. The van der Waals surface area contributed by atoms with Gasteiger partial charge in [-0.3, -0.25) is 0 Å². The summed E-state index contributed by atoms with van der Waals surface area (Å²) in [4.78, 5) is 17.8. The Kier molecular flexibility index (Phi) is 4.20. The van der Waals surface area contributed by atoms with Gasteiger partial charge in [0, 0.05) is 18.5 Å². The van der Waals surface area contributed by atoms with Gasteiger partial charge in [-0.2, -0.15) is 0 Å². The van der Waals surface area contributed by atoms with Crippen LogP contribution in [0.3, 0.4) is 0 Å². The van der Waals surface area contributed by atoms with Crippen molar-refractivity contribution in [2.75, 3.05) is 13.7 Å². The zero-order chi connectivity index (χ0) is 12.8. The largest absolute Gasteiger partial charge is 0.464 e. The van der Waals surface area contributed by atoms with Crippen LogP contribution in [0.25, 0.3) is 0 Å². The topological polar surface area (TPSA) is 73.4 Å². The van der Waals surface area contributed by atoms with E-state index in [9.17, 15) is 4.79 Å². The van der Waals surface area contributed by atoms with Crippen LogP contribution in [0.15, 0.2) is 6.20 Å². The second-order valence-corrected chi connectivity index (χ2v) is 3.77. The molecule has 0 amide bonds. The zero-order valence-electron chi connectivity index (χ0n) is 10.1. The number of hydrogen-bond acceptors (Lipinski definition) is 5. The normalized spacial score (nSPS) is 18.6. The van der Waals surface area contributed by atoms with E-state index in [1.54, 1.807) is 0 Å². The van der Waals surface area contributed by atoms with E-state index in [0.29, 0.717) is 12.4 Å². The van der Waals surface area contributed by atoms with E-state index in [0.717, 1.165) is 19.3 Å². The summed E-state index contributed by atoms with van der Waals surface area (Å²) in [5, 5.41) is 0. The molecule has 0 spiro atoms. The van der Waals surface area contributed by atoms with Gasteiger partial charge in [0.1, 0.15) is 6.11 Å². The highest BCUT2D eigenvalue weighted by molar-refractivity contribution is 5.86. The van der Waals surface area contributed by atoms with Crippen LogP contribution in [-0.4, -0.2) is 35.9 Å². The smallest absolute Gasteiger partial charge is 0.358 e. The Morgan fingerprint density at radius 2 is 2.50 bits per heavy atom. The van der Waals surface area contributed by atoms with Crippen molar-refractivity contribution in [3.05, 3.63) is 17.7 Å². The predicted molar refractivity (Wildman–Crippen MR) is 61.5 cm³/mol. The number of aromatic nitrogens is 2. The summed E-state index contributed by atoms with van der Waals surface area (Å²) >= 11 is 0. The molecule has 0 aromatic carbocycles. The summed E-state index contributed by atoms with van der Waals surface area (Å²) in [6, 6.07) is 0. The van der Waals surface area contributed by atoms with Crippen molar-refractivity contribution in [3.63, 3.8) is 0 Å². The third-order valence-corrected chi connectivity index (χ3v) is 2.47. The molecule has 0 aliphatic carbocycles. The first kappa shape index (κ1) is 12.5. The lowest BCUT2D eigenvalue weighted by Gasteiger charge is -2.19. The molecule has 1 N–H and O–H groups in total. The van der Waals surface area contributed by atoms with Gasteiger partial charge in [-0.1, -0.05) is 0 Å². The number of ether oxygens (including phenoxy) is 3. The van der Waals surface area contributed by atoms with Crippen molar-refractivity contribution >= 4 is 5.97 Å². The number of carbonyl (C=O) groups is 1. The van der Waals surface area contributed by atoms with Crippen molar-refractivity contribution in [3.8, 4) is 12.0 Å². The van der Waals surface area contributed by atoms with Crippen LogP contribution in [0.2, 0.25) is 0 Å². The van der Waals surface area contributed by atoms with Crippen LogP contribution in [0.4, 0.5) is 0 Å². The molecule has 2 rings (SSSR count). The molecule has 18 heavy (non-hydrogen) atoms. The quantitative estimate of drug-likeness (QED) is 0.627. The third kappa shape index (κ3) is 3.25. The summed E-state index contributed by atoms with van der Waals surface area (Å²) < 4.78 is 15.1. The lowest BCUT2D eigenvalue weighted by Crippen LogP contribution is -2.20. The van der Waals surface area contributed by atoms with Crippen LogP contribution < -0.4 is 0 Å². The van der Waals surface area contributed by atoms with E-state index in [1.165, 1.54) is 13.3 Å². The molecule has 0 bridgehead atoms. The van der Waals surface area contributed by atoms with Crippen LogP contribution in [0.1, 0.15) is 35.6 Å². The molecule has 6 heteroatoms. The van der Waals surface area contributed by atoms with E-state index in [4.69, 9.17) is 9.47 Å². The van der Waals surface area contributed by atoms with E-state index in [2.05, 4.69) is 26.7 Å². The summed E-state index contributed by atoms with van der Waals surface area (Å²) in [6.07, 6.45) is 6.69. The first-order chi connectivity index (χ1) is 8.79. The number of imidazole rings is 1. The molecular formula is C12H14N2O4. The number of aromatic amines is 1. The lowest BCUT2D eigenvalue weighted by atomic mass is 10.2. The SMILES string of the molecule is COC(=O)c1c[nH]c(C#COC2CCCCO2)n1. The molecule has 1 aromatic heterocycles. The van der Waals surface area contributed by atoms with Gasteiger partial charge >= 0.3 is 5.97 Å². The third-order valence-electron chi connectivity index (χ3n) is 2.47. The summed E-state index contributed by atoms with van der Waals surface area (Å²) in [5.74, 6) is 2.51. The Bertz CT molecular complexity index is 466. The van der Waals surface area contributed by atoms with E-state index < -0.39 is 5.97 Å². The standard InChI is InChI=1S/C12H14N2O4/c1-16-12(15)9-8-13-10(14-9)5-7-18-11-4-2-3-6-17-11/h8,11H,2-4,6H2,1H3,(H,13,14). The lowest BCUT2D eigenvalue weighted by molar-refractivity contribution is -0.121. The molecular weight excluding hydrogens is 236 g/mol. The average molecular weight is 250 g/mol. The van der Waals surface area contributed by atoms with Crippen molar-refractivity contribution in [1.29, 1.82) is 0 Å². The van der Waals surface area contributed by atoms with Gasteiger partial charge < -0.3 is 19.2 Å². The number of esters is 1. The highest BCUT2D eigenvalue weighted by Gasteiger charge is 2.13. The van der Waals surface area contributed by atoms with Crippen LogP contribution in [-0.2, 0) is 14.2 Å². The molecule has 1 aliphatic heterocycles. The first-order valence-electron chi connectivity index (χ1n) is 5.71. The van der Waals surface area contributed by atoms with Gasteiger partial charge in [0.05, 0.1) is 13.7 Å². The van der Waals surface area contributed by atoms with Gasteiger partial charge in [0.15, 0.2) is 11.5 Å². The van der Waals surface area contributed by atoms with Crippen LogP contribution >= 0.6 is 0 Å². The number of hydrogen-bond donors (Lipinski definition) is 1. The fourth-order valence-electron chi connectivity index (χ4n) is 1.54. The Labute approximate surface area is 105 Å². The molecule has 6 nitrogen and oxygen atoms in total. The van der Waals surface area contributed by atoms with E-state index >= 15 is 0 Å². The fourth-order valence-corrected chi connectivity index (χ4v) is 1.54. The Hall–Kier alpha value is -2.00. The van der Waals surface area contributed by atoms with Gasteiger partial charge in [-0.15, -0.1) is 0 Å². The van der Waals surface area contributed by atoms with Gasteiger partial charge in [-0.25, -0.2) is 9.78 Å². The number of nitrogens with zero attached hydrogens (tertiary/aromatic N) is 1. The van der Waals surface area contributed by atoms with Gasteiger partial charge in [-0.05, 0) is 12.8 Å². The van der Waals surface area contributed by atoms with E-state index in [1.807, 2.05) is 0 Å². The summed E-state index contributed by atoms with van der Waals surface area (Å²) in [7, 11) is 1.30. The maximum absolute atomic E-state index is 11.1. The molecule has 1 aliphatic rings. The number of methoxy groups -OCH3 is 1. The molecule has 0 saturated carbocycles. The van der Waals surface area contributed by atoms with Crippen molar-refractivity contribution in [2.24, 2.45) is 0 Å². The monoisotopic (exact) mass is 250 g/mol. The van der Waals surface area contributed by atoms with E-state index in [-0.39, 0.29) is 12.0 Å². The molecule has 1 saturated heterocycles. The minimum absolute atomic E-state index is 0.190. The molecule has 0 radical (unpaired) electrons. The number of H-pyrrole nitrogens is 1. The first-order valence-corrected chi connectivity index (χ1v) is 5.71. The molecule has 96 valence electrons. The maximum atomic E-state index is 11.1. The van der Waals surface area contributed by atoms with Crippen molar-refractivity contribution < 1.29 is 19.0 Å². The average Bonchev–Trinajstić information content (AvgIpc) is 2.88. The predicted octanol–water partition coefficient (Wildman–Crippen LogP) is 1.05.